The highest BCUT2D eigenvalue weighted by atomic mass is 16.1. The molecule has 1 fully saturated rings. The zero-order valence-electron chi connectivity index (χ0n) is 16.6. The molecule has 1 aliphatic heterocycles. The van der Waals surface area contributed by atoms with Crippen LogP contribution in [0.25, 0.3) is 0 Å². The monoisotopic (exact) mass is 380 g/mol. The summed E-state index contributed by atoms with van der Waals surface area (Å²) in [6.07, 6.45) is 1.84. The van der Waals surface area contributed by atoms with Gasteiger partial charge in [0.2, 0.25) is 0 Å². The van der Waals surface area contributed by atoms with Crippen LogP contribution in [0, 0.1) is 0 Å². The third-order valence-corrected chi connectivity index (χ3v) is 4.74. The van der Waals surface area contributed by atoms with E-state index in [1.165, 1.54) is 0 Å². The number of pyridine rings is 1. The number of nitrogens with one attached hydrogen (secondary N) is 2. The van der Waals surface area contributed by atoms with Crippen molar-refractivity contribution in [2.75, 3.05) is 44.7 Å². The lowest BCUT2D eigenvalue weighted by atomic mass is 10.1. The molecule has 0 atom stereocenters. The second-order valence-electron chi connectivity index (χ2n) is 6.61. The Balaban J connectivity index is 1.61. The van der Waals surface area contributed by atoms with Crippen molar-refractivity contribution in [1.82, 2.24) is 20.5 Å². The Hall–Kier alpha value is -3.09. The van der Waals surface area contributed by atoms with Crippen molar-refractivity contribution < 1.29 is 4.79 Å². The van der Waals surface area contributed by atoms with Gasteiger partial charge in [-0.3, -0.25) is 4.79 Å². The number of nitrogens with zero attached hydrogens (tertiary/aromatic N) is 4. The second-order valence-corrected chi connectivity index (χ2v) is 6.61. The molecule has 0 spiro atoms. The Morgan fingerprint density at radius 2 is 1.86 bits per heavy atom. The zero-order valence-corrected chi connectivity index (χ0v) is 16.6. The van der Waals surface area contributed by atoms with E-state index in [1.54, 1.807) is 7.05 Å². The van der Waals surface area contributed by atoms with E-state index in [0.29, 0.717) is 12.1 Å². The van der Waals surface area contributed by atoms with E-state index in [0.717, 1.165) is 50.1 Å². The topological polar surface area (TPSA) is 72.9 Å². The molecule has 0 aliphatic carbocycles. The van der Waals surface area contributed by atoms with E-state index >= 15 is 0 Å². The van der Waals surface area contributed by atoms with Crippen LogP contribution in [0.3, 0.4) is 0 Å². The molecule has 0 bridgehead atoms. The minimum Gasteiger partial charge on any atom is -0.357 e. The molecule has 0 saturated carbocycles. The lowest BCUT2D eigenvalue weighted by Crippen LogP contribution is -2.52. The first-order valence-corrected chi connectivity index (χ1v) is 9.71. The molecule has 2 aromatic rings. The number of hydrogen-bond acceptors (Lipinski definition) is 4. The second kappa shape index (κ2) is 9.73. The Morgan fingerprint density at radius 3 is 2.46 bits per heavy atom. The van der Waals surface area contributed by atoms with E-state index in [-0.39, 0.29) is 5.91 Å². The van der Waals surface area contributed by atoms with E-state index in [9.17, 15) is 4.79 Å². The number of amides is 1. The van der Waals surface area contributed by atoms with Gasteiger partial charge < -0.3 is 20.4 Å². The number of hydrogen-bond donors (Lipinski definition) is 2. The van der Waals surface area contributed by atoms with E-state index in [2.05, 4.69) is 38.4 Å². The predicted octanol–water partition coefficient (Wildman–Crippen LogP) is 1.73. The van der Waals surface area contributed by atoms with Gasteiger partial charge in [-0.25, -0.2) is 9.98 Å². The first-order chi connectivity index (χ1) is 13.7. The highest BCUT2D eigenvalue weighted by Crippen LogP contribution is 2.13. The minimum atomic E-state index is -0.0748. The number of benzene rings is 1. The number of aliphatic imine (C=N–C) groups is 1. The molecule has 7 heteroatoms. The first kappa shape index (κ1) is 19.7. The van der Waals surface area contributed by atoms with Crippen molar-refractivity contribution in [3.8, 4) is 0 Å². The molecule has 1 aliphatic rings. The van der Waals surface area contributed by atoms with Crippen molar-refractivity contribution in [3.05, 3.63) is 59.8 Å². The van der Waals surface area contributed by atoms with Crippen LogP contribution < -0.4 is 15.5 Å². The van der Waals surface area contributed by atoms with Gasteiger partial charge in [0.25, 0.3) is 5.91 Å². The van der Waals surface area contributed by atoms with Crippen molar-refractivity contribution in [2.24, 2.45) is 4.99 Å². The molecule has 0 unspecified atom stereocenters. The largest absolute Gasteiger partial charge is 0.357 e. The molecule has 1 amide bonds. The molecule has 1 aromatic carbocycles. The number of aromatic nitrogens is 1. The molecular weight excluding hydrogens is 352 g/mol. The fraction of sp³-hybridized carbons (Fsp3) is 0.381. The van der Waals surface area contributed by atoms with Crippen LogP contribution in [0.4, 0.5) is 5.82 Å². The number of rotatable bonds is 5. The number of anilines is 1. The first-order valence-electron chi connectivity index (χ1n) is 9.71. The third-order valence-electron chi connectivity index (χ3n) is 4.74. The van der Waals surface area contributed by atoms with Gasteiger partial charge >= 0.3 is 0 Å². The lowest BCUT2D eigenvalue weighted by Gasteiger charge is -2.37. The van der Waals surface area contributed by atoms with E-state index in [1.807, 2.05) is 42.6 Å². The number of carbonyl (C=O) groups is 1. The fourth-order valence-electron chi connectivity index (χ4n) is 3.19. The van der Waals surface area contributed by atoms with Crippen molar-refractivity contribution in [3.63, 3.8) is 0 Å². The Morgan fingerprint density at radius 1 is 1.11 bits per heavy atom. The maximum absolute atomic E-state index is 11.6. The molecule has 1 aromatic heterocycles. The quantitative estimate of drug-likeness (QED) is 0.611. The van der Waals surface area contributed by atoms with Gasteiger partial charge in [0.1, 0.15) is 5.82 Å². The van der Waals surface area contributed by atoms with E-state index in [4.69, 9.17) is 4.99 Å². The Labute approximate surface area is 166 Å². The lowest BCUT2D eigenvalue weighted by molar-refractivity contribution is 0.0963. The molecule has 28 heavy (non-hydrogen) atoms. The summed E-state index contributed by atoms with van der Waals surface area (Å²) in [6.45, 7) is 7.13. The van der Waals surface area contributed by atoms with Crippen LogP contribution in [-0.4, -0.2) is 61.5 Å². The zero-order chi connectivity index (χ0) is 19.8. The summed E-state index contributed by atoms with van der Waals surface area (Å²) in [5, 5.41) is 6.03. The standard InChI is InChI=1S/C21H28N6O/c1-3-23-21(25-16-17-7-9-18(10-8-17)20(28)22-2)27-14-12-26(13-15-27)19-6-4-5-11-24-19/h4-11H,3,12-16H2,1-2H3,(H,22,28)(H,23,25). The van der Waals surface area contributed by atoms with Crippen LogP contribution in [0.1, 0.15) is 22.8 Å². The summed E-state index contributed by atoms with van der Waals surface area (Å²) in [4.78, 5) is 25.5. The van der Waals surface area contributed by atoms with Crippen molar-refractivity contribution in [1.29, 1.82) is 0 Å². The van der Waals surface area contributed by atoms with Gasteiger partial charge in [0.15, 0.2) is 5.96 Å². The van der Waals surface area contributed by atoms with Crippen LogP contribution in [0.5, 0.6) is 0 Å². The normalized spacial score (nSPS) is 14.7. The molecule has 7 nitrogen and oxygen atoms in total. The van der Waals surface area contributed by atoms with E-state index < -0.39 is 0 Å². The summed E-state index contributed by atoms with van der Waals surface area (Å²) in [5.41, 5.74) is 1.74. The maximum atomic E-state index is 11.6. The van der Waals surface area contributed by atoms with Crippen LogP contribution in [0.15, 0.2) is 53.7 Å². The van der Waals surface area contributed by atoms with Crippen LogP contribution in [-0.2, 0) is 6.54 Å². The number of guanidine groups is 1. The van der Waals surface area contributed by atoms with Gasteiger partial charge in [-0.05, 0) is 36.8 Å². The van der Waals surface area contributed by atoms with Gasteiger partial charge in [-0.2, -0.15) is 0 Å². The summed E-state index contributed by atoms with van der Waals surface area (Å²) in [7, 11) is 1.64. The molecule has 0 radical (unpaired) electrons. The Kier molecular flexibility index (Phi) is 6.84. The predicted molar refractivity (Wildman–Crippen MR) is 113 cm³/mol. The fourth-order valence-corrected chi connectivity index (χ4v) is 3.19. The average Bonchev–Trinajstić information content (AvgIpc) is 2.77. The van der Waals surface area contributed by atoms with Crippen LogP contribution in [0.2, 0.25) is 0 Å². The summed E-state index contributed by atoms with van der Waals surface area (Å²) < 4.78 is 0. The number of piperazine rings is 1. The van der Waals surface area contributed by atoms with Crippen molar-refractivity contribution in [2.45, 2.75) is 13.5 Å². The van der Waals surface area contributed by atoms with Crippen LogP contribution >= 0.6 is 0 Å². The number of carbonyl (C=O) groups excluding carboxylic acids is 1. The van der Waals surface area contributed by atoms with Crippen molar-refractivity contribution >= 4 is 17.7 Å². The average molecular weight is 380 g/mol. The summed E-state index contributed by atoms with van der Waals surface area (Å²) >= 11 is 0. The van der Waals surface area contributed by atoms with Gasteiger partial charge in [-0.15, -0.1) is 0 Å². The minimum absolute atomic E-state index is 0.0748. The highest BCUT2D eigenvalue weighted by Gasteiger charge is 2.20. The highest BCUT2D eigenvalue weighted by molar-refractivity contribution is 5.93. The third kappa shape index (κ3) is 5.00. The van der Waals surface area contributed by atoms with Gasteiger partial charge in [0.05, 0.1) is 6.54 Å². The molecule has 3 rings (SSSR count). The molecule has 148 valence electrons. The summed E-state index contributed by atoms with van der Waals surface area (Å²) in [5.74, 6) is 1.88. The maximum Gasteiger partial charge on any atom is 0.251 e. The molecule has 1 saturated heterocycles. The van der Waals surface area contributed by atoms with Gasteiger partial charge in [-0.1, -0.05) is 18.2 Å². The van der Waals surface area contributed by atoms with Gasteiger partial charge in [0, 0.05) is 51.5 Å². The SMILES string of the molecule is CCNC(=NCc1ccc(C(=O)NC)cc1)N1CCN(c2ccccn2)CC1. The molecule has 2 N–H and O–H groups in total. The summed E-state index contributed by atoms with van der Waals surface area (Å²) in [6, 6.07) is 13.6. The smallest absolute Gasteiger partial charge is 0.251 e. The Bertz CT molecular complexity index is 782. The molecule has 2 heterocycles. The molecular formula is C21H28N6O.